The van der Waals surface area contributed by atoms with Crippen LogP contribution in [0.5, 0.6) is 0 Å². The SMILES string of the molecule is CC(C)CCN(C(=O)c1ccccc1I)C1CCCC1. The zero-order valence-electron chi connectivity index (χ0n) is 12.4. The maximum atomic E-state index is 12.9. The lowest BCUT2D eigenvalue weighted by molar-refractivity contribution is 0.0671. The summed E-state index contributed by atoms with van der Waals surface area (Å²) in [4.78, 5) is 15.0. The zero-order chi connectivity index (χ0) is 14.5. The van der Waals surface area contributed by atoms with Gasteiger partial charge in [0.25, 0.3) is 5.91 Å². The van der Waals surface area contributed by atoms with Crippen molar-refractivity contribution in [3.63, 3.8) is 0 Å². The lowest BCUT2D eigenvalue weighted by Crippen LogP contribution is -2.40. The van der Waals surface area contributed by atoms with Gasteiger partial charge in [-0.25, -0.2) is 0 Å². The van der Waals surface area contributed by atoms with E-state index in [1.54, 1.807) is 0 Å². The van der Waals surface area contributed by atoms with Crippen LogP contribution in [0.3, 0.4) is 0 Å². The third kappa shape index (κ3) is 3.96. The smallest absolute Gasteiger partial charge is 0.255 e. The molecule has 1 aromatic rings. The molecule has 0 radical (unpaired) electrons. The summed E-state index contributed by atoms with van der Waals surface area (Å²) in [6.45, 7) is 5.35. The predicted octanol–water partition coefficient (Wildman–Crippen LogP) is 4.72. The Morgan fingerprint density at radius 2 is 1.95 bits per heavy atom. The molecule has 20 heavy (non-hydrogen) atoms. The Bertz CT molecular complexity index is 452. The first kappa shape index (κ1) is 15.8. The molecule has 0 saturated heterocycles. The summed E-state index contributed by atoms with van der Waals surface area (Å²) >= 11 is 2.27. The van der Waals surface area contributed by atoms with Crippen LogP contribution in [0, 0.1) is 9.49 Å². The third-order valence-corrected chi connectivity index (χ3v) is 5.02. The monoisotopic (exact) mass is 385 g/mol. The van der Waals surface area contributed by atoms with Crippen molar-refractivity contribution in [3.8, 4) is 0 Å². The quantitative estimate of drug-likeness (QED) is 0.672. The maximum Gasteiger partial charge on any atom is 0.255 e. The molecule has 3 heteroatoms. The van der Waals surface area contributed by atoms with E-state index in [4.69, 9.17) is 0 Å². The van der Waals surface area contributed by atoms with Gasteiger partial charge >= 0.3 is 0 Å². The molecule has 0 bridgehead atoms. The van der Waals surface area contributed by atoms with Crippen LogP contribution in [0.25, 0.3) is 0 Å². The van der Waals surface area contributed by atoms with Crippen molar-refractivity contribution in [3.05, 3.63) is 33.4 Å². The molecule has 1 aliphatic carbocycles. The van der Waals surface area contributed by atoms with Gasteiger partial charge in [-0.05, 0) is 59.9 Å². The molecule has 0 spiro atoms. The fraction of sp³-hybridized carbons (Fsp3) is 0.588. The Labute approximate surface area is 136 Å². The highest BCUT2D eigenvalue weighted by Crippen LogP contribution is 2.26. The van der Waals surface area contributed by atoms with E-state index in [-0.39, 0.29) is 5.91 Å². The largest absolute Gasteiger partial charge is 0.336 e. The number of hydrogen-bond acceptors (Lipinski definition) is 1. The molecule has 0 unspecified atom stereocenters. The van der Waals surface area contributed by atoms with E-state index in [0.29, 0.717) is 12.0 Å². The van der Waals surface area contributed by atoms with E-state index in [1.807, 2.05) is 24.3 Å². The van der Waals surface area contributed by atoms with E-state index in [1.165, 1.54) is 25.7 Å². The van der Waals surface area contributed by atoms with Gasteiger partial charge in [0.2, 0.25) is 0 Å². The van der Waals surface area contributed by atoms with E-state index in [0.717, 1.165) is 22.1 Å². The van der Waals surface area contributed by atoms with Crippen LogP contribution in [0.4, 0.5) is 0 Å². The lowest BCUT2D eigenvalue weighted by Gasteiger charge is -2.30. The van der Waals surface area contributed by atoms with E-state index in [2.05, 4.69) is 41.3 Å². The van der Waals surface area contributed by atoms with Crippen LogP contribution in [0.15, 0.2) is 24.3 Å². The Balaban J connectivity index is 2.16. The van der Waals surface area contributed by atoms with Gasteiger partial charge in [-0.3, -0.25) is 4.79 Å². The lowest BCUT2D eigenvalue weighted by atomic mass is 10.1. The third-order valence-electron chi connectivity index (χ3n) is 4.08. The van der Waals surface area contributed by atoms with Crippen molar-refractivity contribution in [1.29, 1.82) is 0 Å². The Kier molecular flexibility index (Phi) is 5.87. The fourth-order valence-corrected chi connectivity index (χ4v) is 3.47. The van der Waals surface area contributed by atoms with Gasteiger partial charge in [-0.2, -0.15) is 0 Å². The number of nitrogens with zero attached hydrogens (tertiary/aromatic N) is 1. The molecule has 2 rings (SSSR count). The minimum atomic E-state index is 0.225. The molecule has 1 aliphatic rings. The van der Waals surface area contributed by atoms with Crippen LogP contribution >= 0.6 is 22.6 Å². The predicted molar refractivity (Wildman–Crippen MR) is 91.9 cm³/mol. The molecule has 1 saturated carbocycles. The molecule has 1 fully saturated rings. The number of hydrogen-bond donors (Lipinski definition) is 0. The van der Waals surface area contributed by atoms with Crippen LogP contribution < -0.4 is 0 Å². The fourth-order valence-electron chi connectivity index (χ4n) is 2.85. The number of carbonyl (C=O) groups is 1. The number of benzene rings is 1. The van der Waals surface area contributed by atoms with E-state index >= 15 is 0 Å². The number of rotatable bonds is 5. The van der Waals surface area contributed by atoms with Gasteiger partial charge in [0.15, 0.2) is 0 Å². The van der Waals surface area contributed by atoms with Gasteiger partial charge in [0.1, 0.15) is 0 Å². The summed E-state index contributed by atoms with van der Waals surface area (Å²) in [5.41, 5.74) is 0.865. The molecule has 0 heterocycles. The standard InChI is InChI=1S/C17H24INO/c1-13(2)11-12-19(14-7-3-4-8-14)17(20)15-9-5-6-10-16(15)18/h5-6,9-10,13-14H,3-4,7-8,11-12H2,1-2H3. The van der Waals surface area contributed by atoms with Crippen molar-refractivity contribution in [2.45, 2.75) is 52.0 Å². The molecule has 0 N–H and O–H groups in total. The molecule has 1 aromatic carbocycles. The number of amides is 1. The second-order valence-electron chi connectivity index (χ2n) is 6.10. The van der Waals surface area contributed by atoms with Gasteiger partial charge < -0.3 is 4.90 Å². The highest BCUT2D eigenvalue weighted by molar-refractivity contribution is 14.1. The second kappa shape index (κ2) is 7.43. The highest BCUT2D eigenvalue weighted by Gasteiger charge is 2.28. The Morgan fingerprint density at radius 1 is 1.30 bits per heavy atom. The average Bonchev–Trinajstić information content (AvgIpc) is 2.93. The van der Waals surface area contributed by atoms with Gasteiger partial charge in [-0.1, -0.05) is 38.8 Å². The second-order valence-corrected chi connectivity index (χ2v) is 7.26. The molecule has 1 amide bonds. The average molecular weight is 385 g/mol. The van der Waals surface area contributed by atoms with Gasteiger partial charge in [-0.15, -0.1) is 0 Å². The van der Waals surface area contributed by atoms with Crippen LogP contribution in [-0.2, 0) is 0 Å². The first-order chi connectivity index (χ1) is 9.59. The maximum absolute atomic E-state index is 12.9. The van der Waals surface area contributed by atoms with E-state index in [9.17, 15) is 4.79 Å². The topological polar surface area (TPSA) is 20.3 Å². The summed E-state index contributed by atoms with van der Waals surface area (Å²) in [7, 11) is 0. The minimum Gasteiger partial charge on any atom is -0.336 e. The van der Waals surface area contributed by atoms with Gasteiger partial charge in [0.05, 0.1) is 5.56 Å². The highest BCUT2D eigenvalue weighted by atomic mass is 127. The van der Waals surface area contributed by atoms with Crippen molar-refractivity contribution in [2.24, 2.45) is 5.92 Å². The van der Waals surface area contributed by atoms with Crippen LogP contribution in [0.1, 0.15) is 56.3 Å². The van der Waals surface area contributed by atoms with Crippen LogP contribution in [0.2, 0.25) is 0 Å². The number of carbonyl (C=O) groups excluding carboxylic acids is 1. The summed E-state index contributed by atoms with van der Waals surface area (Å²) < 4.78 is 1.06. The molecule has 0 aliphatic heterocycles. The molecule has 0 aromatic heterocycles. The normalized spacial score (nSPS) is 15.8. The Morgan fingerprint density at radius 3 is 2.55 bits per heavy atom. The molecular weight excluding hydrogens is 361 g/mol. The number of halogens is 1. The van der Waals surface area contributed by atoms with E-state index < -0.39 is 0 Å². The minimum absolute atomic E-state index is 0.225. The van der Waals surface area contributed by atoms with Crippen molar-refractivity contribution < 1.29 is 4.79 Å². The first-order valence-corrected chi connectivity index (χ1v) is 8.73. The Hall–Kier alpha value is -0.580. The first-order valence-electron chi connectivity index (χ1n) is 7.65. The van der Waals surface area contributed by atoms with Crippen LogP contribution in [-0.4, -0.2) is 23.4 Å². The summed E-state index contributed by atoms with van der Waals surface area (Å²) in [6.07, 6.45) is 5.97. The molecular formula is C17H24INO. The summed E-state index contributed by atoms with van der Waals surface area (Å²) in [6, 6.07) is 8.39. The van der Waals surface area contributed by atoms with Crippen molar-refractivity contribution in [1.82, 2.24) is 4.90 Å². The van der Waals surface area contributed by atoms with Crippen molar-refractivity contribution >= 4 is 28.5 Å². The summed E-state index contributed by atoms with van der Waals surface area (Å²) in [5, 5.41) is 0. The molecule has 110 valence electrons. The summed E-state index contributed by atoms with van der Waals surface area (Å²) in [5.74, 6) is 0.865. The van der Waals surface area contributed by atoms with Crippen molar-refractivity contribution in [2.75, 3.05) is 6.54 Å². The van der Waals surface area contributed by atoms with Gasteiger partial charge in [0, 0.05) is 16.2 Å². The zero-order valence-corrected chi connectivity index (χ0v) is 14.6. The molecule has 2 nitrogen and oxygen atoms in total. The molecule has 0 atom stereocenters.